The van der Waals surface area contributed by atoms with Crippen molar-refractivity contribution in [1.82, 2.24) is 15.3 Å². The molecule has 0 atom stereocenters. The lowest BCUT2D eigenvalue weighted by Gasteiger charge is -2.27. The van der Waals surface area contributed by atoms with Gasteiger partial charge in [0.05, 0.1) is 19.6 Å². The molecule has 7 heteroatoms. The number of anilines is 2. The van der Waals surface area contributed by atoms with E-state index in [9.17, 15) is 4.79 Å². The van der Waals surface area contributed by atoms with E-state index in [2.05, 4.69) is 43.7 Å². The molecule has 29 heavy (non-hydrogen) atoms. The van der Waals surface area contributed by atoms with Crippen LogP contribution in [-0.4, -0.2) is 55.3 Å². The van der Waals surface area contributed by atoms with Gasteiger partial charge in [0, 0.05) is 32.2 Å². The zero-order valence-corrected chi connectivity index (χ0v) is 16.3. The number of benzene rings is 2. The number of amides is 1. The lowest BCUT2D eigenvalue weighted by molar-refractivity contribution is -0.120. The minimum Gasteiger partial charge on any atom is -0.378 e. The van der Waals surface area contributed by atoms with Gasteiger partial charge in [0.2, 0.25) is 5.91 Å². The van der Waals surface area contributed by atoms with Crippen LogP contribution in [0.15, 0.2) is 54.9 Å². The number of hydrogen-bond acceptors (Lipinski definition) is 6. The summed E-state index contributed by atoms with van der Waals surface area (Å²) >= 11 is 0. The number of rotatable bonds is 7. The Bertz CT molecular complexity index is 967. The minimum atomic E-state index is 0.0137. The van der Waals surface area contributed by atoms with Crippen LogP contribution in [0, 0.1) is 0 Å². The summed E-state index contributed by atoms with van der Waals surface area (Å²) in [5.74, 6) is 1.66. The molecule has 3 aromatic rings. The maximum atomic E-state index is 12.3. The highest BCUT2D eigenvalue weighted by Crippen LogP contribution is 2.19. The molecule has 1 aliphatic rings. The molecule has 2 aromatic carbocycles. The summed E-state index contributed by atoms with van der Waals surface area (Å²) in [5, 5.41) is 8.50. The van der Waals surface area contributed by atoms with Gasteiger partial charge >= 0.3 is 0 Å². The Morgan fingerprint density at radius 1 is 1.03 bits per heavy atom. The molecule has 2 N–H and O–H groups in total. The van der Waals surface area contributed by atoms with Gasteiger partial charge in [-0.25, -0.2) is 9.97 Å². The number of carbonyl (C=O) groups excluding carboxylic acids is 1. The molecule has 4 rings (SSSR count). The summed E-state index contributed by atoms with van der Waals surface area (Å²) in [6.07, 6.45) is 1.93. The summed E-state index contributed by atoms with van der Waals surface area (Å²) in [7, 11) is 0. The quantitative estimate of drug-likeness (QED) is 0.602. The van der Waals surface area contributed by atoms with E-state index < -0.39 is 0 Å². The molecule has 1 aromatic heterocycles. The first-order valence-corrected chi connectivity index (χ1v) is 9.91. The summed E-state index contributed by atoms with van der Waals surface area (Å²) in [6, 6.07) is 16.1. The molecule has 7 nitrogen and oxygen atoms in total. The summed E-state index contributed by atoms with van der Waals surface area (Å²) in [4.78, 5) is 23.1. The van der Waals surface area contributed by atoms with Crippen LogP contribution in [0.3, 0.4) is 0 Å². The van der Waals surface area contributed by atoms with E-state index in [1.165, 1.54) is 0 Å². The molecule has 1 amide bonds. The predicted molar refractivity (Wildman–Crippen MR) is 114 cm³/mol. The Labute approximate surface area is 170 Å². The van der Waals surface area contributed by atoms with E-state index in [4.69, 9.17) is 4.74 Å². The maximum absolute atomic E-state index is 12.3. The van der Waals surface area contributed by atoms with Crippen LogP contribution < -0.4 is 15.5 Å². The average Bonchev–Trinajstić information content (AvgIpc) is 2.78. The zero-order valence-electron chi connectivity index (χ0n) is 16.3. The Balaban J connectivity index is 1.25. The van der Waals surface area contributed by atoms with Gasteiger partial charge in [-0.2, -0.15) is 0 Å². The lowest BCUT2D eigenvalue weighted by Crippen LogP contribution is -2.36. The molecule has 0 unspecified atom stereocenters. The number of aromatic nitrogens is 2. The fourth-order valence-corrected chi connectivity index (χ4v) is 3.48. The second-order valence-corrected chi connectivity index (χ2v) is 6.95. The number of nitrogens with one attached hydrogen (secondary N) is 2. The maximum Gasteiger partial charge on any atom is 0.224 e. The highest BCUT2D eigenvalue weighted by molar-refractivity contribution is 5.90. The highest BCUT2D eigenvalue weighted by atomic mass is 16.5. The van der Waals surface area contributed by atoms with E-state index >= 15 is 0 Å². The average molecular weight is 391 g/mol. The first kappa shape index (κ1) is 19.1. The number of ether oxygens (including phenoxy) is 1. The fourth-order valence-electron chi connectivity index (χ4n) is 3.48. The Kier molecular flexibility index (Phi) is 6.16. The van der Waals surface area contributed by atoms with Gasteiger partial charge in [0.15, 0.2) is 0 Å². The van der Waals surface area contributed by atoms with Crippen molar-refractivity contribution in [2.24, 2.45) is 0 Å². The topological polar surface area (TPSA) is 79.4 Å². The standard InChI is InChI=1S/C22H25N5O2/c28-22(14-18-6-3-5-17-4-1-2-7-19(17)18)24-9-8-23-20-15-21(26-16-25-20)27-10-12-29-13-11-27/h1-7,15-16H,8-14H2,(H,24,28)(H,23,25,26). The molecule has 1 saturated heterocycles. The van der Waals surface area contributed by atoms with Gasteiger partial charge in [-0.3, -0.25) is 4.79 Å². The Hall–Kier alpha value is -3.19. The third kappa shape index (κ3) is 5.00. The molecule has 2 heterocycles. The van der Waals surface area contributed by atoms with E-state index in [0.29, 0.717) is 19.5 Å². The van der Waals surface area contributed by atoms with E-state index in [1.54, 1.807) is 6.33 Å². The van der Waals surface area contributed by atoms with Gasteiger partial charge in [-0.1, -0.05) is 42.5 Å². The Morgan fingerprint density at radius 3 is 2.76 bits per heavy atom. The molecule has 0 radical (unpaired) electrons. The summed E-state index contributed by atoms with van der Waals surface area (Å²) in [6.45, 7) is 4.23. The largest absolute Gasteiger partial charge is 0.378 e. The highest BCUT2D eigenvalue weighted by Gasteiger charge is 2.13. The molecule has 1 aliphatic heterocycles. The van der Waals surface area contributed by atoms with Crippen LogP contribution in [-0.2, 0) is 16.0 Å². The fraction of sp³-hybridized carbons (Fsp3) is 0.318. The number of carbonyl (C=O) groups is 1. The molecule has 0 bridgehead atoms. The summed E-state index contributed by atoms with van der Waals surface area (Å²) < 4.78 is 5.38. The molecule has 0 aliphatic carbocycles. The molecule has 1 fully saturated rings. The number of nitrogens with zero attached hydrogens (tertiary/aromatic N) is 3. The van der Waals surface area contributed by atoms with Crippen molar-refractivity contribution in [3.8, 4) is 0 Å². The number of fused-ring (bicyclic) bond motifs is 1. The van der Waals surface area contributed by atoms with Crippen molar-refractivity contribution in [3.63, 3.8) is 0 Å². The predicted octanol–water partition coefficient (Wildman–Crippen LogP) is 2.24. The van der Waals surface area contributed by atoms with Gasteiger partial charge in [-0.15, -0.1) is 0 Å². The van der Waals surface area contributed by atoms with Crippen molar-refractivity contribution in [1.29, 1.82) is 0 Å². The van der Waals surface area contributed by atoms with Crippen molar-refractivity contribution in [2.75, 3.05) is 49.6 Å². The van der Waals surface area contributed by atoms with Gasteiger partial charge in [0.1, 0.15) is 18.0 Å². The molecule has 0 spiro atoms. The second-order valence-electron chi connectivity index (χ2n) is 6.95. The normalized spacial score (nSPS) is 14.0. The molecular formula is C22H25N5O2. The van der Waals surface area contributed by atoms with Gasteiger partial charge in [-0.05, 0) is 16.3 Å². The lowest BCUT2D eigenvalue weighted by atomic mass is 10.0. The van der Waals surface area contributed by atoms with Crippen molar-refractivity contribution >= 4 is 28.3 Å². The first-order chi connectivity index (χ1) is 14.3. The van der Waals surface area contributed by atoms with Crippen LogP contribution in [0.1, 0.15) is 5.56 Å². The van der Waals surface area contributed by atoms with Crippen molar-refractivity contribution in [2.45, 2.75) is 6.42 Å². The van der Waals surface area contributed by atoms with Gasteiger partial charge in [0.25, 0.3) is 0 Å². The van der Waals surface area contributed by atoms with Crippen molar-refractivity contribution < 1.29 is 9.53 Å². The third-order valence-electron chi connectivity index (χ3n) is 4.97. The molecule has 150 valence electrons. The van der Waals surface area contributed by atoms with Crippen LogP contribution in [0.5, 0.6) is 0 Å². The van der Waals surface area contributed by atoms with E-state index in [0.717, 1.165) is 54.3 Å². The monoisotopic (exact) mass is 391 g/mol. The van der Waals surface area contributed by atoms with Crippen LogP contribution >= 0.6 is 0 Å². The molecule has 0 saturated carbocycles. The van der Waals surface area contributed by atoms with Crippen LogP contribution in [0.25, 0.3) is 10.8 Å². The van der Waals surface area contributed by atoms with E-state index in [1.807, 2.05) is 30.3 Å². The van der Waals surface area contributed by atoms with Crippen LogP contribution in [0.2, 0.25) is 0 Å². The SMILES string of the molecule is O=C(Cc1cccc2ccccc12)NCCNc1cc(N2CCOCC2)ncn1. The van der Waals surface area contributed by atoms with Crippen molar-refractivity contribution in [3.05, 3.63) is 60.4 Å². The Morgan fingerprint density at radius 2 is 1.86 bits per heavy atom. The zero-order chi connectivity index (χ0) is 19.9. The number of hydrogen-bond donors (Lipinski definition) is 2. The molecular weight excluding hydrogens is 366 g/mol. The summed E-state index contributed by atoms with van der Waals surface area (Å²) in [5.41, 5.74) is 1.04. The minimum absolute atomic E-state index is 0.0137. The smallest absolute Gasteiger partial charge is 0.224 e. The first-order valence-electron chi connectivity index (χ1n) is 9.91. The van der Waals surface area contributed by atoms with Gasteiger partial charge < -0.3 is 20.3 Å². The third-order valence-corrected chi connectivity index (χ3v) is 4.97. The van der Waals surface area contributed by atoms with Crippen LogP contribution in [0.4, 0.5) is 11.6 Å². The number of morpholine rings is 1. The second kappa shape index (κ2) is 9.34. The van der Waals surface area contributed by atoms with E-state index in [-0.39, 0.29) is 5.91 Å².